The summed E-state index contributed by atoms with van der Waals surface area (Å²) in [6.45, 7) is 0. The van der Waals surface area contributed by atoms with Crippen LogP contribution in [0.3, 0.4) is 0 Å². The zero-order chi connectivity index (χ0) is 13.7. The van der Waals surface area contributed by atoms with Crippen LogP contribution in [0.1, 0.15) is 25.7 Å². The summed E-state index contributed by atoms with van der Waals surface area (Å²) in [6, 6.07) is 9.32. The molecule has 2 rings (SSSR count). The van der Waals surface area contributed by atoms with Crippen molar-refractivity contribution in [2.24, 2.45) is 11.8 Å². The van der Waals surface area contributed by atoms with Crippen molar-refractivity contribution in [3.63, 3.8) is 0 Å². The van der Waals surface area contributed by atoms with Crippen LogP contribution in [0, 0.1) is 11.8 Å². The van der Waals surface area contributed by atoms with Gasteiger partial charge in [-0.2, -0.15) is 0 Å². The molecule has 2 atom stereocenters. The molecule has 1 fully saturated rings. The molecular formula is C15H19NO3. The summed E-state index contributed by atoms with van der Waals surface area (Å²) in [6.07, 6.45) is 3.45. The van der Waals surface area contributed by atoms with E-state index in [0.29, 0.717) is 0 Å². The average molecular weight is 261 g/mol. The minimum absolute atomic E-state index is 0.0821. The van der Waals surface area contributed by atoms with Crippen LogP contribution in [0.4, 0.5) is 5.69 Å². The third-order valence-corrected chi connectivity index (χ3v) is 3.65. The highest BCUT2D eigenvalue weighted by molar-refractivity contribution is 5.95. The summed E-state index contributed by atoms with van der Waals surface area (Å²) < 4.78 is 4.80. The van der Waals surface area contributed by atoms with E-state index < -0.39 is 0 Å². The van der Waals surface area contributed by atoms with Gasteiger partial charge in [-0.05, 0) is 25.0 Å². The zero-order valence-electron chi connectivity index (χ0n) is 11.1. The fourth-order valence-electron chi connectivity index (χ4n) is 2.63. The largest absolute Gasteiger partial charge is 0.469 e. The predicted molar refractivity (Wildman–Crippen MR) is 72.5 cm³/mol. The maximum Gasteiger partial charge on any atom is 0.309 e. The van der Waals surface area contributed by atoms with Gasteiger partial charge in [-0.25, -0.2) is 0 Å². The number of anilines is 1. The molecule has 4 nitrogen and oxygen atoms in total. The van der Waals surface area contributed by atoms with Crippen molar-refractivity contribution in [1.82, 2.24) is 0 Å². The van der Waals surface area contributed by atoms with Gasteiger partial charge in [0.15, 0.2) is 0 Å². The van der Waals surface area contributed by atoms with Crippen LogP contribution in [0.5, 0.6) is 0 Å². The fraction of sp³-hybridized carbons (Fsp3) is 0.467. The summed E-state index contributed by atoms with van der Waals surface area (Å²) in [5, 5.41) is 2.87. The maximum atomic E-state index is 12.3. The van der Waals surface area contributed by atoms with Crippen molar-refractivity contribution in [1.29, 1.82) is 0 Å². The fourth-order valence-corrected chi connectivity index (χ4v) is 2.63. The molecule has 1 N–H and O–H groups in total. The normalized spacial score (nSPS) is 22.6. The van der Waals surface area contributed by atoms with E-state index >= 15 is 0 Å². The van der Waals surface area contributed by atoms with Crippen LogP contribution >= 0.6 is 0 Å². The first-order chi connectivity index (χ1) is 9.22. The number of ether oxygens (including phenoxy) is 1. The van der Waals surface area contributed by atoms with Crippen LogP contribution in [0.15, 0.2) is 30.3 Å². The Morgan fingerprint density at radius 2 is 1.74 bits per heavy atom. The zero-order valence-corrected chi connectivity index (χ0v) is 11.1. The Bertz CT molecular complexity index is 444. The number of hydrogen-bond donors (Lipinski definition) is 1. The van der Waals surface area contributed by atoms with E-state index in [9.17, 15) is 9.59 Å². The number of esters is 1. The highest BCUT2D eigenvalue weighted by Crippen LogP contribution is 2.31. The lowest BCUT2D eigenvalue weighted by molar-refractivity contribution is -0.151. The topological polar surface area (TPSA) is 55.4 Å². The summed E-state index contributed by atoms with van der Waals surface area (Å²) in [7, 11) is 1.38. The second-order valence-electron chi connectivity index (χ2n) is 4.88. The second-order valence-corrected chi connectivity index (χ2v) is 4.88. The molecule has 0 radical (unpaired) electrons. The van der Waals surface area contributed by atoms with Crippen molar-refractivity contribution >= 4 is 17.6 Å². The summed E-state index contributed by atoms with van der Waals surface area (Å²) in [4.78, 5) is 24.0. The van der Waals surface area contributed by atoms with E-state index in [-0.39, 0.29) is 23.7 Å². The molecule has 0 aromatic heterocycles. The average Bonchev–Trinajstić information content (AvgIpc) is 2.47. The number of para-hydroxylation sites is 1. The van der Waals surface area contributed by atoms with E-state index in [0.717, 1.165) is 31.4 Å². The quantitative estimate of drug-likeness (QED) is 0.851. The Morgan fingerprint density at radius 1 is 1.11 bits per heavy atom. The van der Waals surface area contributed by atoms with Crippen LogP contribution in [0.2, 0.25) is 0 Å². The number of rotatable bonds is 3. The van der Waals surface area contributed by atoms with Gasteiger partial charge in [0.05, 0.1) is 18.9 Å². The number of nitrogens with one attached hydrogen (secondary N) is 1. The number of amides is 1. The molecule has 1 saturated carbocycles. The van der Waals surface area contributed by atoms with Crippen molar-refractivity contribution in [3.05, 3.63) is 30.3 Å². The highest BCUT2D eigenvalue weighted by Gasteiger charge is 2.36. The SMILES string of the molecule is COC(=O)[C@@H]1CCCC[C@@H]1C(=O)Nc1ccccc1. The number of methoxy groups -OCH3 is 1. The molecule has 0 aliphatic heterocycles. The van der Waals surface area contributed by atoms with Gasteiger partial charge in [-0.15, -0.1) is 0 Å². The van der Waals surface area contributed by atoms with Gasteiger partial charge in [-0.1, -0.05) is 31.0 Å². The van der Waals surface area contributed by atoms with E-state index in [1.54, 1.807) is 0 Å². The van der Waals surface area contributed by atoms with Crippen molar-refractivity contribution in [3.8, 4) is 0 Å². The molecule has 1 aliphatic carbocycles. The third kappa shape index (κ3) is 3.34. The van der Waals surface area contributed by atoms with Gasteiger partial charge < -0.3 is 10.1 Å². The Labute approximate surface area is 113 Å². The first-order valence-corrected chi connectivity index (χ1v) is 6.66. The minimum Gasteiger partial charge on any atom is -0.469 e. The third-order valence-electron chi connectivity index (χ3n) is 3.65. The Kier molecular flexibility index (Phi) is 4.55. The first-order valence-electron chi connectivity index (χ1n) is 6.66. The number of benzene rings is 1. The number of carbonyl (C=O) groups is 2. The van der Waals surface area contributed by atoms with Crippen molar-refractivity contribution < 1.29 is 14.3 Å². The molecule has 0 unspecified atom stereocenters. The molecule has 4 heteroatoms. The molecule has 1 aliphatic rings. The Hall–Kier alpha value is -1.84. The van der Waals surface area contributed by atoms with Crippen LogP contribution in [0.25, 0.3) is 0 Å². The molecule has 0 heterocycles. The molecule has 0 saturated heterocycles. The van der Waals surface area contributed by atoms with Crippen LogP contribution in [-0.2, 0) is 14.3 Å². The molecule has 19 heavy (non-hydrogen) atoms. The van der Waals surface area contributed by atoms with E-state index in [1.807, 2.05) is 30.3 Å². The lowest BCUT2D eigenvalue weighted by atomic mass is 9.78. The summed E-state index contributed by atoms with van der Waals surface area (Å²) in [5.41, 5.74) is 0.765. The first kappa shape index (κ1) is 13.6. The molecule has 0 bridgehead atoms. The second kappa shape index (κ2) is 6.36. The van der Waals surface area contributed by atoms with E-state index in [1.165, 1.54) is 7.11 Å². The molecule has 0 spiro atoms. The van der Waals surface area contributed by atoms with Gasteiger partial charge in [0.1, 0.15) is 0 Å². The predicted octanol–water partition coefficient (Wildman–Crippen LogP) is 2.60. The van der Waals surface area contributed by atoms with Crippen LogP contribution in [-0.4, -0.2) is 19.0 Å². The van der Waals surface area contributed by atoms with Gasteiger partial charge in [0.25, 0.3) is 0 Å². The Morgan fingerprint density at radius 3 is 2.37 bits per heavy atom. The molecular weight excluding hydrogens is 242 g/mol. The van der Waals surface area contributed by atoms with Crippen molar-refractivity contribution in [2.45, 2.75) is 25.7 Å². The summed E-state index contributed by atoms with van der Waals surface area (Å²) >= 11 is 0. The van der Waals surface area contributed by atoms with Gasteiger partial charge in [-0.3, -0.25) is 9.59 Å². The van der Waals surface area contributed by atoms with Gasteiger partial charge in [0, 0.05) is 5.69 Å². The lowest BCUT2D eigenvalue weighted by Gasteiger charge is -2.28. The van der Waals surface area contributed by atoms with E-state index in [2.05, 4.69) is 5.32 Å². The lowest BCUT2D eigenvalue weighted by Crippen LogP contribution is -2.36. The van der Waals surface area contributed by atoms with Gasteiger partial charge in [0.2, 0.25) is 5.91 Å². The monoisotopic (exact) mass is 261 g/mol. The smallest absolute Gasteiger partial charge is 0.309 e. The van der Waals surface area contributed by atoms with Gasteiger partial charge >= 0.3 is 5.97 Å². The number of carbonyl (C=O) groups excluding carboxylic acids is 2. The minimum atomic E-state index is -0.303. The molecule has 1 aromatic rings. The molecule has 102 valence electrons. The van der Waals surface area contributed by atoms with Crippen molar-refractivity contribution in [2.75, 3.05) is 12.4 Å². The molecule has 1 aromatic carbocycles. The van der Waals surface area contributed by atoms with E-state index in [4.69, 9.17) is 4.74 Å². The summed E-state index contributed by atoms with van der Waals surface area (Å²) in [5.74, 6) is -0.932. The number of hydrogen-bond acceptors (Lipinski definition) is 3. The molecule has 1 amide bonds. The maximum absolute atomic E-state index is 12.3. The Balaban J connectivity index is 2.05. The highest BCUT2D eigenvalue weighted by atomic mass is 16.5. The standard InChI is InChI=1S/C15H19NO3/c1-19-15(18)13-10-6-5-9-12(13)14(17)16-11-7-3-2-4-8-11/h2-4,7-8,12-13H,5-6,9-10H2,1H3,(H,16,17)/t12-,13+/m0/s1. The van der Waals surface area contributed by atoms with Crippen LogP contribution < -0.4 is 5.32 Å².